The molecule has 0 unspecified atom stereocenters. The molecule has 4 heteroatoms. The number of benzene rings is 2. The second kappa shape index (κ2) is 11.1. The van der Waals surface area contributed by atoms with Gasteiger partial charge in [0.15, 0.2) is 0 Å². The molecule has 2 aromatic carbocycles. The van der Waals surface area contributed by atoms with Gasteiger partial charge in [-0.3, -0.25) is 9.69 Å². The fourth-order valence-corrected chi connectivity index (χ4v) is 5.32. The van der Waals surface area contributed by atoms with E-state index < -0.39 is 5.60 Å². The molecule has 0 aromatic heterocycles. The fraction of sp³-hybridized carbons (Fsp3) is 0.536. The molecule has 1 aliphatic heterocycles. The Morgan fingerprint density at radius 3 is 2.34 bits per heavy atom. The topological polar surface area (TPSA) is 52.6 Å². The molecule has 1 heterocycles. The number of aliphatic hydroxyl groups is 1. The Morgan fingerprint density at radius 2 is 1.66 bits per heavy atom. The molecule has 2 aliphatic rings. The van der Waals surface area contributed by atoms with Crippen LogP contribution in [0.2, 0.25) is 0 Å². The van der Waals surface area contributed by atoms with Gasteiger partial charge in [0.1, 0.15) is 0 Å². The summed E-state index contributed by atoms with van der Waals surface area (Å²) >= 11 is 0. The van der Waals surface area contributed by atoms with Gasteiger partial charge in [-0.1, -0.05) is 61.7 Å². The van der Waals surface area contributed by atoms with E-state index in [1.54, 1.807) is 0 Å². The first-order valence-electron chi connectivity index (χ1n) is 12.5. The van der Waals surface area contributed by atoms with Crippen molar-refractivity contribution >= 4 is 11.6 Å². The van der Waals surface area contributed by atoms with Gasteiger partial charge in [0, 0.05) is 18.8 Å². The lowest BCUT2D eigenvalue weighted by Gasteiger charge is -2.38. The van der Waals surface area contributed by atoms with Crippen LogP contribution < -0.4 is 5.32 Å². The molecular weight excluding hydrogens is 396 g/mol. The minimum Gasteiger partial charge on any atom is -0.390 e. The number of aryl methyl sites for hydroxylation is 1. The van der Waals surface area contributed by atoms with E-state index in [1.165, 1.54) is 43.2 Å². The molecule has 0 atom stereocenters. The van der Waals surface area contributed by atoms with Gasteiger partial charge in [-0.05, 0) is 74.1 Å². The van der Waals surface area contributed by atoms with E-state index in [-0.39, 0.29) is 5.91 Å². The lowest BCUT2D eigenvalue weighted by atomic mass is 9.84. The average Bonchev–Trinajstić information content (AvgIpc) is 2.82. The van der Waals surface area contributed by atoms with Gasteiger partial charge in [-0.25, -0.2) is 0 Å². The van der Waals surface area contributed by atoms with Crippen molar-refractivity contribution in [2.24, 2.45) is 0 Å². The van der Waals surface area contributed by atoms with Gasteiger partial charge in [-0.15, -0.1) is 0 Å². The number of amides is 1. The van der Waals surface area contributed by atoms with Crippen molar-refractivity contribution < 1.29 is 9.90 Å². The molecule has 0 radical (unpaired) electrons. The third-order valence-electron chi connectivity index (χ3n) is 7.38. The quantitative estimate of drug-likeness (QED) is 0.575. The minimum absolute atomic E-state index is 0.0323. The van der Waals surface area contributed by atoms with Gasteiger partial charge in [0.25, 0.3) is 0 Å². The molecule has 2 N–H and O–H groups in total. The summed E-state index contributed by atoms with van der Waals surface area (Å²) in [6.45, 7) is 1.94. The van der Waals surface area contributed by atoms with Crippen molar-refractivity contribution in [2.45, 2.75) is 75.7 Å². The maximum absolute atomic E-state index is 12.5. The van der Waals surface area contributed by atoms with Gasteiger partial charge in [-0.2, -0.15) is 0 Å². The Kier molecular flexibility index (Phi) is 7.99. The highest BCUT2D eigenvalue weighted by Crippen LogP contribution is 2.33. The van der Waals surface area contributed by atoms with E-state index in [0.717, 1.165) is 50.9 Å². The maximum Gasteiger partial charge on any atom is 0.238 e. The molecule has 1 amide bonds. The number of nitrogens with zero attached hydrogens (tertiary/aromatic N) is 1. The lowest BCUT2D eigenvalue weighted by Crippen LogP contribution is -2.46. The van der Waals surface area contributed by atoms with Gasteiger partial charge in [0.2, 0.25) is 5.91 Å². The van der Waals surface area contributed by atoms with Crippen molar-refractivity contribution in [3.63, 3.8) is 0 Å². The number of nitrogens with one attached hydrogen (secondary N) is 1. The van der Waals surface area contributed by atoms with E-state index in [9.17, 15) is 9.90 Å². The van der Waals surface area contributed by atoms with Crippen LogP contribution in [-0.2, 0) is 11.2 Å². The highest BCUT2D eigenvalue weighted by atomic mass is 16.3. The lowest BCUT2D eigenvalue weighted by molar-refractivity contribution is -0.118. The third kappa shape index (κ3) is 6.66. The van der Waals surface area contributed by atoms with Crippen molar-refractivity contribution in [1.82, 2.24) is 4.90 Å². The predicted molar refractivity (Wildman–Crippen MR) is 131 cm³/mol. The number of carbonyl (C=O) groups excluding carboxylic acids is 1. The second-order valence-electron chi connectivity index (χ2n) is 9.84. The van der Waals surface area contributed by atoms with Gasteiger partial charge >= 0.3 is 0 Å². The molecule has 32 heavy (non-hydrogen) atoms. The normalized spacial score (nSPS) is 19.5. The van der Waals surface area contributed by atoms with Gasteiger partial charge in [0.05, 0.1) is 12.1 Å². The van der Waals surface area contributed by atoms with Crippen molar-refractivity contribution in [1.29, 1.82) is 0 Å². The SMILES string of the molecule is O=C(CN1CCC(O)(CCCc2ccccc2)CC1)Nc1ccc(C2CCCCC2)cc1. The Balaban J connectivity index is 1.17. The molecule has 2 fully saturated rings. The van der Waals surface area contributed by atoms with Gasteiger partial charge < -0.3 is 10.4 Å². The van der Waals surface area contributed by atoms with E-state index in [0.29, 0.717) is 12.5 Å². The van der Waals surface area contributed by atoms with Crippen molar-refractivity contribution in [2.75, 3.05) is 25.0 Å². The molecule has 172 valence electrons. The minimum atomic E-state index is -0.587. The van der Waals surface area contributed by atoms with Crippen LogP contribution in [0.5, 0.6) is 0 Å². The summed E-state index contributed by atoms with van der Waals surface area (Å²) in [4.78, 5) is 14.7. The second-order valence-corrected chi connectivity index (χ2v) is 9.84. The maximum atomic E-state index is 12.5. The van der Waals surface area contributed by atoms with Crippen LogP contribution >= 0.6 is 0 Å². The Labute approximate surface area is 193 Å². The molecule has 1 saturated carbocycles. The van der Waals surface area contributed by atoms with Crippen molar-refractivity contribution in [3.05, 3.63) is 65.7 Å². The van der Waals surface area contributed by atoms with E-state index >= 15 is 0 Å². The van der Waals surface area contributed by atoms with E-state index in [1.807, 2.05) is 18.2 Å². The van der Waals surface area contributed by atoms with E-state index in [2.05, 4.69) is 46.6 Å². The highest BCUT2D eigenvalue weighted by Gasteiger charge is 2.32. The number of likely N-dealkylation sites (tertiary alicyclic amines) is 1. The summed E-state index contributed by atoms with van der Waals surface area (Å²) in [5.74, 6) is 0.721. The number of carbonyl (C=O) groups is 1. The average molecular weight is 435 g/mol. The fourth-order valence-electron chi connectivity index (χ4n) is 5.32. The number of hydrogen-bond donors (Lipinski definition) is 2. The molecule has 1 aliphatic carbocycles. The summed E-state index contributed by atoms with van der Waals surface area (Å²) < 4.78 is 0. The van der Waals surface area contributed by atoms with Crippen LogP contribution in [0.4, 0.5) is 5.69 Å². The Hall–Kier alpha value is -2.17. The number of anilines is 1. The van der Waals surface area contributed by atoms with Crippen LogP contribution in [0.15, 0.2) is 54.6 Å². The smallest absolute Gasteiger partial charge is 0.238 e. The first kappa shape index (κ1) is 23.0. The Morgan fingerprint density at radius 1 is 0.969 bits per heavy atom. The van der Waals surface area contributed by atoms with Crippen LogP contribution in [-0.4, -0.2) is 41.1 Å². The third-order valence-corrected chi connectivity index (χ3v) is 7.38. The van der Waals surface area contributed by atoms with Crippen LogP contribution in [0, 0.1) is 0 Å². The summed E-state index contributed by atoms with van der Waals surface area (Å²) in [5, 5.41) is 14.0. The zero-order chi connectivity index (χ0) is 22.2. The summed E-state index contributed by atoms with van der Waals surface area (Å²) in [6.07, 6.45) is 10.9. The van der Waals surface area contributed by atoms with E-state index in [4.69, 9.17) is 0 Å². The standard InChI is InChI=1S/C28H38N2O2/c31-27(29-26-15-13-25(14-16-26)24-11-5-2-6-12-24)22-30-20-18-28(32,19-21-30)17-7-10-23-8-3-1-4-9-23/h1,3-4,8-9,13-16,24,32H,2,5-7,10-12,17-22H2,(H,29,31). The predicted octanol–water partition coefficient (Wildman–Crippen LogP) is 5.52. The molecule has 4 nitrogen and oxygen atoms in total. The molecule has 4 rings (SSSR count). The highest BCUT2D eigenvalue weighted by molar-refractivity contribution is 5.92. The Bertz CT molecular complexity index is 835. The zero-order valence-corrected chi connectivity index (χ0v) is 19.3. The molecule has 0 spiro atoms. The summed E-state index contributed by atoms with van der Waals surface area (Å²) in [6, 6.07) is 18.9. The first-order valence-corrected chi connectivity index (χ1v) is 12.5. The monoisotopic (exact) mass is 434 g/mol. The number of hydrogen-bond acceptors (Lipinski definition) is 3. The number of rotatable bonds is 8. The molecular formula is C28H38N2O2. The van der Waals surface area contributed by atoms with Crippen molar-refractivity contribution in [3.8, 4) is 0 Å². The summed E-state index contributed by atoms with van der Waals surface area (Å²) in [7, 11) is 0. The molecule has 2 aromatic rings. The number of piperidine rings is 1. The molecule has 0 bridgehead atoms. The van der Waals surface area contributed by atoms with Crippen LogP contribution in [0.25, 0.3) is 0 Å². The summed E-state index contributed by atoms with van der Waals surface area (Å²) in [5.41, 5.74) is 3.03. The molecule has 1 saturated heterocycles. The van der Waals surface area contributed by atoms with Crippen LogP contribution in [0.1, 0.15) is 74.8 Å². The van der Waals surface area contributed by atoms with Crippen LogP contribution in [0.3, 0.4) is 0 Å². The zero-order valence-electron chi connectivity index (χ0n) is 19.3. The largest absolute Gasteiger partial charge is 0.390 e. The first-order chi connectivity index (χ1) is 15.6.